The molecule has 1 rings (SSSR count). The first kappa shape index (κ1) is 14.6. The zero-order valence-electron chi connectivity index (χ0n) is 10.1. The molecule has 0 aliphatic rings. The van der Waals surface area contributed by atoms with Crippen LogP contribution in [0.2, 0.25) is 0 Å². The first-order valence-corrected chi connectivity index (χ1v) is 5.77. The monoisotopic (exact) mass is 258 g/mol. The number of benzene rings is 1. The third-order valence-corrected chi connectivity index (χ3v) is 2.76. The maximum absolute atomic E-state index is 13.5. The van der Waals surface area contributed by atoms with Gasteiger partial charge in [-0.3, -0.25) is 4.79 Å². The molecular weight excluding hydrogens is 242 g/mol. The van der Waals surface area contributed by atoms with Crippen molar-refractivity contribution in [3.63, 3.8) is 0 Å². The van der Waals surface area contributed by atoms with Gasteiger partial charge in [0.05, 0.1) is 6.10 Å². The van der Waals surface area contributed by atoms with E-state index in [1.807, 2.05) is 0 Å². The smallest absolute Gasteiger partial charge is 0.303 e. The van der Waals surface area contributed by atoms with Crippen molar-refractivity contribution in [3.8, 4) is 0 Å². The van der Waals surface area contributed by atoms with Crippen LogP contribution in [-0.4, -0.2) is 16.2 Å². The van der Waals surface area contributed by atoms with E-state index in [-0.39, 0.29) is 24.0 Å². The minimum Gasteiger partial charge on any atom is -0.481 e. The van der Waals surface area contributed by atoms with Gasteiger partial charge in [0.1, 0.15) is 11.6 Å². The van der Waals surface area contributed by atoms with Gasteiger partial charge in [0.25, 0.3) is 0 Å². The Balaban J connectivity index is 2.58. The molecule has 0 aromatic heterocycles. The van der Waals surface area contributed by atoms with Crippen LogP contribution in [0.5, 0.6) is 0 Å². The predicted octanol–water partition coefficient (Wildman–Crippen LogP) is 2.95. The lowest BCUT2D eigenvalue weighted by molar-refractivity contribution is -0.137. The highest BCUT2D eigenvalue weighted by Gasteiger charge is 2.15. The summed E-state index contributed by atoms with van der Waals surface area (Å²) in [4.78, 5) is 10.3. The molecule has 0 radical (unpaired) electrons. The number of rotatable bonds is 6. The number of aliphatic hydroxyl groups excluding tert-OH is 1. The van der Waals surface area contributed by atoms with Crippen LogP contribution < -0.4 is 0 Å². The number of unbranched alkanes of at least 4 members (excludes halogenated alkanes) is 1. The quantitative estimate of drug-likeness (QED) is 0.771. The van der Waals surface area contributed by atoms with Crippen molar-refractivity contribution < 1.29 is 23.8 Å². The number of hydrogen-bond acceptors (Lipinski definition) is 2. The van der Waals surface area contributed by atoms with Gasteiger partial charge in [-0.05, 0) is 43.9 Å². The Morgan fingerprint density at radius 1 is 1.28 bits per heavy atom. The molecule has 2 N–H and O–H groups in total. The second-order valence-corrected chi connectivity index (χ2v) is 4.28. The van der Waals surface area contributed by atoms with Crippen molar-refractivity contribution in [2.45, 2.75) is 38.7 Å². The van der Waals surface area contributed by atoms with Crippen LogP contribution in [0.25, 0.3) is 0 Å². The molecule has 0 saturated heterocycles. The second kappa shape index (κ2) is 6.44. The first-order valence-electron chi connectivity index (χ1n) is 5.77. The van der Waals surface area contributed by atoms with E-state index >= 15 is 0 Å². The fraction of sp³-hybridized carbons (Fsp3) is 0.462. The van der Waals surface area contributed by atoms with Gasteiger partial charge in [0.2, 0.25) is 0 Å². The molecule has 1 atom stereocenters. The molecule has 0 bridgehead atoms. The zero-order chi connectivity index (χ0) is 13.7. The van der Waals surface area contributed by atoms with E-state index < -0.39 is 23.7 Å². The molecule has 0 fully saturated rings. The maximum Gasteiger partial charge on any atom is 0.303 e. The van der Waals surface area contributed by atoms with E-state index in [0.29, 0.717) is 12.8 Å². The van der Waals surface area contributed by atoms with Gasteiger partial charge in [0, 0.05) is 12.0 Å². The molecule has 0 spiro atoms. The Labute approximate surface area is 104 Å². The Morgan fingerprint density at radius 3 is 2.56 bits per heavy atom. The minimum atomic E-state index is -1.10. The Morgan fingerprint density at radius 2 is 1.94 bits per heavy atom. The summed E-state index contributed by atoms with van der Waals surface area (Å²) in [6.45, 7) is 1.45. The molecule has 0 aliphatic heterocycles. The van der Waals surface area contributed by atoms with Crippen LogP contribution in [0.15, 0.2) is 12.1 Å². The Hall–Kier alpha value is -1.49. The van der Waals surface area contributed by atoms with E-state index in [1.165, 1.54) is 6.92 Å². The largest absolute Gasteiger partial charge is 0.481 e. The highest BCUT2D eigenvalue weighted by molar-refractivity contribution is 5.66. The van der Waals surface area contributed by atoms with Crippen LogP contribution in [0.4, 0.5) is 8.78 Å². The van der Waals surface area contributed by atoms with E-state index in [0.717, 1.165) is 12.1 Å². The number of hydrogen-bond donors (Lipinski definition) is 2. The molecule has 1 aromatic rings. The SMILES string of the molecule is Cc1cc(F)c(C(O)CCCCC(=O)O)cc1F. The van der Waals surface area contributed by atoms with Gasteiger partial charge in [-0.1, -0.05) is 0 Å². The Kier molecular flexibility index (Phi) is 5.22. The van der Waals surface area contributed by atoms with E-state index in [1.54, 1.807) is 0 Å². The van der Waals surface area contributed by atoms with E-state index in [2.05, 4.69) is 0 Å². The number of aliphatic hydroxyl groups is 1. The molecule has 100 valence electrons. The number of halogens is 2. The summed E-state index contributed by atoms with van der Waals surface area (Å²) >= 11 is 0. The summed E-state index contributed by atoms with van der Waals surface area (Å²) in [7, 11) is 0. The molecule has 0 heterocycles. The molecule has 5 heteroatoms. The summed E-state index contributed by atoms with van der Waals surface area (Å²) in [6.07, 6.45) is -0.0246. The first-order chi connectivity index (χ1) is 8.41. The summed E-state index contributed by atoms with van der Waals surface area (Å²) in [6, 6.07) is 2.04. The average molecular weight is 258 g/mol. The minimum absolute atomic E-state index is 0.0114. The number of carboxylic acids is 1. The van der Waals surface area contributed by atoms with Crippen LogP contribution in [0.3, 0.4) is 0 Å². The van der Waals surface area contributed by atoms with Gasteiger partial charge in [-0.15, -0.1) is 0 Å². The van der Waals surface area contributed by atoms with Gasteiger partial charge in [0.15, 0.2) is 0 Å². The van der Waals surface area contributed by atoms with Crippen LogP contribution in [0.1, 0.15) is 42.9 Å². The van der Waals surface area contributed by atoms with Crippen molar-refractivity contribution in [1.82, 2.24) is 0 Å². The summed E-state index contributed by atoms with van der Waals surface area (Å²) < 4.78 is 26.8. The van der Waals surface area contributed by atoms with Gasteiger partial charge in [-0.25, -0.2) is 8.78 Å². The van der Waals surface area contributed by atoms with Crippen molar-refractivity contribution in [2.24, 2.45) is 0 Å². The average Bonchev–Trinajstić information content (AvgIpc) is 2.28. The van der Waals surface area contributed by atoms with Gasteiger partial charge < -0.3 is 10.2 Å². The molecule has 0 amide bonds. The topological polar surface area (TPSA) is 57.5 Å². The molecule has 1 unspecified atom stereocenters. The van der Waals surface area contributed by atoms with E-state index in [4.69, 9.17) is 5.11 Å². The highest BCUT2D eigenvalue weighted by atomic mass is 19.1. The molecule has 0 aliphatic carbocycles. The van der Waals surface area contributed by atoms with Crippen LogP contribution in [-0.2, 0) is 4.79 Å². The lowest BCUT2D eigenvalue weighted by Gasteiger charge is -2.12. The lowest BCUT2D eigenvalue weighted by atomic mass is 10.0. The number of aryl methyl sites for hydroxylation is 1. The van der Waals surface area contributed by atoms with Gasteiger partial charge in [-0.2, -0.15) is 0 Å². The standard InChI is InChI=1S/C13H16F2O3/c1-8-6-11(15)9(7-10(8)14)12(16)4-2-3-5-13(17)18/h6-7,12,16H,2-5H2,1H3,(H,17,18). The molecule has 3 nitrogen and oxygen atoms in total. The fourth-order valence-corrected chi connectivity index (χ4v) is 1.69. The summed E-state index contributed by atoms with van der Waals surface area (Å²) in [5.74, 6) is -2.10. The molecular formula is C13H16F2O3. The number of aliphatic carboxylic acids is 1. The third kappa shape index (κ3) is 4.07. The predicted molar refractivity (Wildman–Crippen MR) is 62.2 cm³/mol. The third-order valence-electron chi connectivity index (χ3n) is 2.76. The molecule has 18 heavy (non-hydrogen) atoms. The summed E-state index contributed by atoms with van der Waals surface area (Å²) in [5.41, 5.74) is 0.114. The molecule has 0 saturated carbocycles. The second-order valence-electron chi connectivity index (χ2n) is 4.28. The van der Waals surface area contributed by atoms with E-state index in [9.17, 15) is 18.7 Å². The van der Waals surface area contributed by atoms with Gasteiger partial charge >= 0.3 is 5.97 Å². The molecule has 1 aromatic carbocycles. The normalized spacial score (nSPS) is 12.4. The lowest BCUT2D eigenvalue weighted by Crippen LogP contribution is -2.03. The summed E-state index contributed by atoms with van der Waals surface area (Å²) in [5, 5.41) is 18.2. The number of carboxylic acid groups (broad SMARTS) is 1. The van der Waals surface area contributed by atoms with Crippen molar-refractivity contribution >= 4 is 5.97 Å². The zero-order valence-corrected chi connectivity index (χ0v) is 10.1. The Bertz CT molecular complexity index is 432. The van der Waals surface area contributed by atoms with Crippen molar-refractivity contribution in [2.75, 3.05) is 0 Å². The fourth-order valence-electron chi connectivity index (χ4n) is 1.69. The van der Waals surface area contributed by atoms with Crippen molar-refractivity contribution in [1.29, 1.82) is 0 Å². The number of carbonyl (C=O) groups is 1. The van der Waals surface area contributed by atoms with Crippen LogP contribution in [0, 0.1) is 18.6 Å². The van der Waals surface area contributed by atoms with Crippen molar-refractivity contribution in [3.05, 3.63) is 34.9 Å². The van der Waals surface area contributed by atoms with Crippen LogP contribution >= 0.6 is 0 Å². The maximum atomic E-state index is 13.5. The highest BCUT2D eigenvalue weighted by Crippen LogP contribution is 2.24.